The summed E-state index contributed by atoms with van der Waals surface area (Å²) >= 11 is 0. The summed E-state index contributed by atoms with van der Waals surface area (Å²) in [5.41, 5.74) is 11.9. The number of nitrogens with two attached hydrogens (primary N) is 1. The number of imidazole rings is 1. The van der Waals surface area contributed by atoms with Gasteiger partial charge in [-0.05, 0) is 55.2 Å². The summed E-state index contributed by atoms with van der Waals surface area (Å²) in [6.45, 7) is 5.24. The number of nitrogens with zero attached hydrogens (tertiary/aromatic N) is 4. The first kappa shape index (κ1) is 19.7. The van der Waals surface area contributed by atoms with Crippen LogP contribution in [0, 0.1) is 0 Å². The van der Waals surface area contributed by atoms with Crippen molar-refractivity contribution >= 4 is 27.6 Å². The van der Waals surface area contributed by atoms with Gasteiger partial charge in [-0.15, -0.1) is 0 Å². The van der Waals surface area contributed by atoms with E-state index in [1.807, 2.05) is 22.9 Å². The summed E-state index contributed by atoms with van der Waals surface area (Å²) in [6.07, 6.45) is 3.16. The number of aromatic nitrogens is 4. The molecule has 2 aliphatic heterocycles. The van der Waals surface area contributed by atoms with Crippen LogP contribution >= 0.6 is 0 Å². The number of fused-ring (bicyclic) bond motifs is 2. The molecular formula is C24H28N6O2. The van der Waals surface area contributed by atoms with Gasteiger partial charge >= 0.3 is 0 Å². The Kier molecular flexibility index (Phi) is 5.05. The number of H-pyrrole nitrogens is 1. The fourth-order valence-electron chi connectivity index (χ4n) is 4.75. The smallest absolute Gasteiger partial charge is 0.159 e. The van der Waals surface area contributed by atoms with Crippen molar-refractivity contribution < 1.29 is 9.47 Å². The summed E-state index contributed by atoms with van der Waals surface area (Å²) in [5.74, 6) is 0.758. The lowest BCUT2D eigenvalue weighted by Gasteiger charge is -2.26. The lowest BCUT2D eigenvalue weighted by Crippen LogP contribution is -2.35. The predicted molar refractivity (Wildman–Crippen MR) is 124 cm³/mol. The molecule has 2 saturated heterocycles. The summed E-state index contributed by atoms with van der Waals surface area (Å²) in [5, 5.41) is 5.95. The van der Waals surface area contributed by atoms with E-state index in [0.717, 1.165) is 92.2 Å². The van der Waals surface area contributed by atoms with E-state index in [2.05, 4.69) is 28.1 Å². The summed E-state index contributed by atoms with van der Waals surface area (Å²) in [6, 6.07) is 12.4. The lowest BCUT2D eigenvalue weighted by molar-refractivity contribution is -0.0365. The number of hydrogen-bond donors (Lipinski definition) is 2. The molecular weight excluding hydrogens is 404 g/mol. The van der Waals surface area contributed by atoms with Crippen molar-refractivity contribution in [1.82, 2.24) is 24.6 Å². The number of rotatable bonds is 4. The van der Waals surface area contributed by atoms with Gasteiger partial charge in [0.05, 0.1) is 29.8 Å². The van der Waals surface area contributed by atoms with E-state index in [1.54, 1.807) is 0 Å². The minimum Gasteiger partial charge on any atom is -0.399 e. The Hall–Kier alpha value is -2.94. The minimum atomic E-state index is -0.0480. The Labute approximate surface area is 186 Å². The van der Waals surface area contributed by atoms with Gasteiger partial charge < -0.3 is 20.2 Å². The van der Waals surface area contributed by atoms with E-state index in [9.17, 15) is 0 Å². The number of ether oxygens (including phenoxy) is 2. The average Bonchev–Trinajstić information content (AvgIpc) is 3.41. The van der Waals surface area contributed by atoms with Crippen molar-refractivity contribution in [2.45, 2.75) is 32.0 Å². The van der Waals surface area contributed by atoms with Gasteiger partial charge in [-0.25, -0.2) is 9.67 Å². The Balaban J connectivity index is 1.38. The van der Waals surface area contributed by atoms with Crippen LogP contribution in [0.2, 0.25) is 0 Å². The molecule has 1 atom stereocenters. The number of nitrogens with one attached hydrogen (secondary N) is 1. The molecule has 0 saturated carbocycles. The minimum absolute atomic E-state index is 0.0480. The molecule has 2 aromatic carbocycles. The van der Waals surface area contributed by atoms with Crippen molar-refractivity contribution in [2.24, 2.45) is 0 Å². The highest BCUT2D eigenvalue weighted by atomic mass is 16.5. The first-order valence-electron chi connectivity index (χ1n) is 11.4. The molecule has 4 aromatic rings. The Morgan fingerprint density at radius 2 is 1.97 bits per heavy atom. The molecule has 1 unspecified atom stereocenters. The average molecular weight is 433 g/mol. The van der Waals surface area contributed by atoms with E-state index in [1.165, 1.54) is 5.56 Å². The molecule has 0 spiro atoms. The maximum absolute atomic E-state index is 6.13. The second-order valence-corrected chi connectivity index (χ2v) is 8.72. The van der Waals surface area contributed by atoms with Crippen molar-refractivity contribution in [3.63, 3.8) is 0 Å². The highest BCUT2D eigenvalue weighted by Crippen LogP contribution is 2.33. The molecule has 2 aliphatic rings. The monoisotopic (exact) mass is 432 g/mol. The summed E-state index contributed by atoms with van der Waals surface area (Å²) < 4.78 is 13.5. The molecule has 8 nitrogen and oxygen atoms in total. The predicted octanol–water partition coefficient (Wildman–Crippen LogP) is 3.69. The van der Waals surface area contributed by atoms with Crippen molar-refractivity contribution in [3.05, 3.63) is 42.0 Å². The van der Waals surface area contributed by atoms with Crippen LogP contribution in [0.25, 0.3) is 33.5 Å². The Morgan fingerprint density at radius 1 is 1.06 bits per heavy atom. The second-order valence-electron chi connectivity index (χ2n) is 8.72. The van der Waals surface area contributed by atoms with Crippen molar-refractivity contribution in [2.75, 3.05) is 38.6 Å². The van der Waals surface area contributed by atoms with Crippen molar-refractivity contribution in [1.29, 1.82) is 0 Å². The Morgan fingerprint density at radius 3 is 2.81 bits per heavy atom. The summed E-state index contributed by atoms with van der Waals surface area (Å²) in [4.78, 5) is 10.8. The third-order valence-electron chi connectivity index (χ3n) is 6.44. The second kappa shape index (κ2) is 8.20. The van der Waals surface area contributed by atoms with Crippen LogP contribution in [-0.2, 0) is 16.0 Å². The zero-order valence-corrected chi connectivity index (χ0v) is 18.1. The normalized spacial score (nSPS) is 20.3. The van der Waals surface area contributed by atoms with Gasteiger partial charge in [-0.3, -0.25) is 4.90 Å². The van der Waals surface area contributed by atoms with Crippen molar-refractivity contribution in [3.8, 4) is 11.5 Å². The molecule has 8 heteroatoms. The molecule has 4 heterocycles. The molecule has 0 aliphatic carbocycles. The number of nitrogen functional groups attached to an aromatic ring is 1. The topological polar surface area (TPSA) is 94.2 Å². The van der Waals surface area contributed by atoms with Gasteiger partial charge in [0, 0.05) is 37.3 Å². The zero-order valence-electron chi connectivity index (χ0n) is 18.1. The van der Waals surface area contributed by atoms with Gasteiger partial charge in [0.15, 0.2) is 12.1 Å². The fourth-order valence-corrected chi connectivity index (χ4v) is 4.75. The van der Waals surface area contributed by atoms with Gasteiger partial charge in [0.1, 0.15) is 5.69 Å². The van der Waals surface area contributed by atoms with Crippen LogP contribution in [-0.4, -0.2) is 57.6 Å². The molecule has 0 radical (unpaired) electrons. The molecule has 32 heavy (non-hydrogen) atoms. The third kappa shape index (κ3) is 3.64. The van der Waals surface area contributed by atoms with E-state index in [-0.39, 0.29) is 6.23 Å². The maximum atomic E-state index is 6.13. The SMILES string of the molecule is Nc1ccc2c(c1)c(-c1nc3ccc(CN4CCOCC4)cc3[nH]1)nn2C1CCCCO1. The first-order chi connectivity index (χ1) is 15.7. The zero-order chi connectivity index (χ0) is 21.5. The van der Waals surface area contributed by atoms with Crippen LogP contribution < -0.4 is 5.73 Å². The van der Waals surface area contributed by atoms with Crippen LogP contribution in [0.5, 0.6) is 0 Å². The molecule has 0 amide bonds. The largest absolute Gasteiger partial charge is 0.399 e. The standard InChI is InChI=1S/C24H28N6O2/c25-17-5-7-21-18(14-17)23(28-30(21)22-3-1-2-10-32-22)24-26-19-6-4-16(13-20(19)27-24)15-29-8-11-31-12-9-29/h4-7,13-14,22H,1-3,8-12,15,25H2,(H,26,27). The molecule has 3 N–H and O–H groups in total. The van der Waals surface area contributed by atoms with E-state index in [4.69, 9.17) is 25.3 Å². The number of morpholine rings is 1. The first-order valence-corrected chi connectivity index (χ1v) is 11.4. The highest BCUT2D eigenvalue weighted by molar-refractivity contribution is 5.95. The molecule has 6 rings (SSSR count). The highest BCUT2D eigenvalue weighted by Gasteiger charge is 2.23. The number of benzene rings is 2. The molecule has 0 bridgehead atoms. The Bertz CT molecular complexity index is 1250. The van der Waals surface area contributed by atoms with Crippen LogP contribution in [0.15, 0.2) is 36.4 Å². The molecule has 2 fully saturated rings. The number of anilines is 1. The third-order valence-corrected chi connectivity index (χ3v) is 6.44. The van der Waals surface area contributed by atoms with Gasteiger partial charge in [-0.2, -0.15) is 5.10 Å². The maximum Gasteiger partial charge on any atom is 0.159 e. The van der Waals surface area contributed by atoms with Gasteiger partial charge in [0.25, 0.3) is 0 Å². The number of hydrogen-bond acceptors (Lipinski definition) is 6. The van der Waals surface area contributed by atoms with Crippen LogP contribution in [0.1, 0.15) is 31.1 Å². The fraction of sp³-hybridized carbons (Fsp3) is 0.417. The van der Waals surface area contributed by atoms with E-state index >= 15 is 0 Å². The van der Waals surface area contributed by atoms with E-state index < -0.39 is 0 Å². The van der Waals surface area contributed by atoms with E-state index in [0.29, 0.717) is 5.69 Å². The molecule has 2 aromatic heterocycles. The van der Waals surface area contributed by atoms with Crippen LogP contribution in [0.4, 0.5) is 5.69 Å². The van der Waals surface area contributed by atoms with Gasteiger partial charge in [0.2, 0.25) is 0 Å². The van der Waals surface area contributed by atoms with Gasteiger partial charge in [-0.1, -0.05) is 6.07 Å². The number of aromatic amines is 1. The molecule has 166 valence electrons. The quantitative estimate of drug-likeness (QED) is 0.478. The summed E-state index contributed by atoms with van der Waals surface area (Å²) in [7, 11) is 0. The lowest BCUT2D eigenvalue weighted by atomic mass is 10.1. The van der Waals surface area contributed by atoms with Crippen LogP contribution in [0.3, 0.4) is 0 Å².